The summed E-state index contributed by atoms with van der Waals surface area (Å²) in [6.07, 6.45) is 3.65. The first-order valence-electron chi connectivity index (χ1n) is 6.67. The van der Waals surface area contributed by atoms with Gasteiger partial charge in [0, 0.05) is 29.0 Å². The molecular weight excluding hydrogens is 230 g/mol. The maximum Gasteiger partial charge on any atom is 0.0495 e. The van der Waals surface area contributed by atoms with Crippen molar-refractivity contribution in [3.05, 3.63) is 21.9 Å². The Morgan fingerprint density at radius 3 is 3.00 bits per heavy atom. The fourth-order valence-electron chi connectivity index (χ4n) is 2.36. The maximum atomic E-state index is 5.48. The minimum atomic E-state index is 0.528. The molecule has 2 unspecified atom stereocenters. The van der Waals surface area contributed by atoms with Gasteiger partial charge in [-0.05, 0) is 50.8 Å². The fraction of sp³-hybridized carbons (Fsp3) is 0.714. The first kappa shape index (κ1) is 13.1. The normalized spacial score (nSPS) is 21.9. The molecule has 1 aliphatic rings. The molecule has 0 radical (unpaired) electrons. The van der Waals surface area contributed by atoms with E-state index in [1.807, 2.05) is 11.3 Å². The lowest BCUT2D eigenvalue weighted by atomic mass is 9.98. The van der Waals surface area contributed by atoms with Crippen molar-refractivity contribution in [2.24, 2.45) is 5.92 Å². The number of aryl methyl sites for hydroxylation is 1. The van der Waals surface area contributed by atoms with E-state index >= 15 is 0 Å². The average Bonchev–Trinajstić information content (AvgIpc) is 2.95. The molecule has 1 aromatic rings. The highest BCUT2D eigenvalue weighted by atomic mass is 32.1. The van der Waals surface area contributed by atoms with E-state index in [0.29, 0.717) is 6.04 Å². The molecule has 1 aromatic heterocycles. The Kier molecular flexibility index (Phi) is 5.01. The quantitative estimate of drug-likeness (QED) is 0.837. The van der Waals surface area contributed by atoms with E-state index in [-0.39, 0.29) is 0 Å². The molecule has 0 saturated carbocycles. The van der Waals surface area contributed by atoms with Crippen molar-refractivity contribution in [3.8, 4) is 0 Å². The highest BCUT2D eigenvalue weighted by Gasteiger charge is 2.22. The minimum Gasteiger partial charge on any atom is -0.381 e. The Morgan fingerprint density at radius 1 is 1.53 bits per heavy atom. The summed E-state index contributed by atoms with van der Waals surface area (Å²) in [6.45, 7) is 7.42. The number of hydrogen-bond acceptors (Lipinski definition) is 3. The number of ether oxygens (including phenoxy) is 1. The molecule has 2 nitrogen and oxygen atoms in total. The first-order valence-corrected chi connectivity index (χ1v) is 7.48. The summed E-state index contributed by atoms with van der Waals surface area (Å²) in [5.74, 6) is 0.742. The second-order valence-electron chi connectivity index (χ2n) is 4.92. The summed E-state index contributed by atoms with van der Waals surface area (Å²) >= 11 is 1.93. The van der Waals surface area contributed by atoms with Crippen LogP contribution in [0.25, 0.3) is 0 Å². The van der Waals surface area contributed by atoms with Crippen LogP contribution in [0.4, 0.5) is 0 Å². The summed E-state index contributed by atoms with van der Waals surface area (Å²) in [5, 5.41) is 3.68. The largest absolute Gasteiger partial charge is 0.381 e. The van der Waals surface area contributed by atoms with E-state index in [0.717, 1.165) is 25.7 Å². The zero-order valence-corrected chi connectivity index (χ0v) is 11.7. The summed E-state index contributed by atoms with van der Waals surface area (Å²) in [5.41, 5.74) is 0. The predicted molar refractivity (Wildman–Crippen MR) is 73.6 cm³/mol. The van der Waals surface area contributed by atoms with E-state index < -0.39 is 0 Å². The number of thiophene rings is 1. The summed E-state index contributed by atoms with van der Waals surface area (Å²) < 4.78 is 5.48. The highest BCUT2D eigenvalue weighted by Crippen LogP contribution is 2.30. The molecule has 0 spiro atoms. The molecule has 1 fully saturated rings. The monoisotopic (exact) mass is 253 g/mol. The van der Waals surface area contributed by atoms with Crippen molar-refractivity contribution in [2.45, 2.75) is 39.2 Å². The molecule has 1 saturated heterocycles. The SMILES string of the molecule is CCCNC(CC1CCOC1)c1ccc(C)s1. The van der Waals surface area contributed by atoms with E-state index in [9.17, 15) is 0 Å². The molecule has 2 heterocycles. The maximum absolute atomic E-state index is 5.48. The van der Waals surface area contributed by atoms with E-state index in [2.05, 4.69) is 31.3 Å². The van der Waals surface area contributed by atoms with Crippen LogP contribution in [0.5, 0.6) is 0 Å². The van der Waals surface area contributed by atoms with Crippen molar-refractivity contribution >= 4 is 11.3 Å². The molecule has 0 bridgehead atoms. The highest BCUT2D eigenvalue weighted by molar-refractivity contribution is 7.12. The van der Waals surface area contributed by atoms with Crippen molar-refractivity contribution in [1.82, 2.24) is 5.32 Å². The molecule has 96 valence electrons. The summed E-state index contributed by atoms with van der Waals surface area (Å²) in [7, 11) is 0. The number of hydrogen-bond donors (Lipinski definition) is 1. The first-order chi connectivity index (χ1) is 8.29. The van der Waals surface area contributed by atoms with Gasteiger partial charge >= 0.3 is 0 Å². The molecule has 2 rings (SSSR count). The number of rotatable bonds is 6. The predicted octanol–water partition coefficient (Wildman–Crippen LogP) is 3.52. The summed E-state index contributed by atoms with van der Waals surface area (Å²) in [6, 6.07) is 5.04. The van der Waals surface area contributed by atoms with Crippen molar-refractivity contribution in [1.29, 1.82) is 0 Å². The van der Waals surface area contributed by atoms with Crippen molar-refractivity contribution in [2.75, 3.05) is 19.8 Å². The third-order valence-corrected chi connectivity index (χ3v) is 4.45. The zero-order chi connectivity index (χ0) is 12.1. The Labute approximate surface area is 108 Å². The van der Waals surface area contributed by atoms with E-state index in [4.69, 9.17) is 4.74 Å². The van der Waals surface area contributed by atoms with Crippen LogP contribution in [-0.4, -0.2) is 19.8 Å². The van der Waals surface area contributed by atoms with Gasteiger partial charge in [0.15, 0.2) is 0 Å². The van der Waals surface area contributed by atoms with Crippen molar-refractivity contribution in [3.63, 3.8) is 0 Å². The van der Waals surface area contributed by atoms with E-state index in [1.54, 1.807) is 0 Å². The molecular formula is C14H23NOS. The van der Waals surface area contributed by atoms with Crippen LogP contribution < -0.4 is 5.32 Å². The molecule has 0 amide bonds. The van der Waals surface area contributed by atoms with Gasteiger partial charge in [-0.2, -0.15) is 0 Å². The Morgan fingerprint density at radius 2 is 2.41 bits per heavy atom. The van der Waals surface area contributed by atoms with Gasteiger partial charge in [0.1, 0.15) is 0 Å². The average molecular weight is 253 g/mol. The fourth-order valence-corrected chi connectivity index (χ4v) is 3.33. The molecule has 2 atom stereocenters. The minimum absolute atomic E-state index is 0.528. The van der Waals surface area contributed by atoms with Gasteiger partial charge in [0.2, 0.25) is 0 Å². The number of nitrogens with one attached hydrogen (secondary N) is 1. The van der Waals surface area contributed by atoms with E-state index in [1.165, 1.54) is 29.0 Å². The molecule has 1 aliphatic heterocycles. The molecule has 0 aromatic carbocycles. The van der Waals surface area contributed by atoms with Crippen LogP contribution >= 0.6 is 11.3 Å². The second-order valence-corrected chi connectivity index (χ2v) is 6.24. The van der Waals surface area contributed by atoms with Crippen LogP contribution in [0.2, 0.25) is 0 Å². The van der Waals surface area contributed by atoms with Gasteiger partial charge in [-0.25, -0.2) is 0 Å². The smallest absolute Gasteiger partial charge is 0.0495 e. The third kappa shape index (κ3) is 3.80. The lowest BCUT2D eigenvalue weighted by Crippen LogP contribution is -2.24. The third-order valence-electron chi connectivity index (χ3n) is 3.34. The Bertz CT molecular complexity index is 331. The van der Waals surface area contributed by atoms with Gasteiger partial charge in [0.05, 0.1) is 0 Å². The molecule has 0 aliphatic carbocycles. The van der Waals surface area contributed by atoms with Crippen LogP contribution in [0.1, 0.15) is 42.0 Å². The van der Waals surface area contributed by atoms with Crippen molar-refractivity contribution < 1.29 is 4.74 Å². The zero-order valence-electron chi connectivity index (χ0n) is 10.9. The van der Waals surface area contributed by atoms with Crippen LogP contribution in [0.3, 0.4) is 0 Å². The van der Waals surface area contributed by atoms with Gasteiger partial charge in [-0.1, -0.05) is 6.92 Å². The molecule has 3 heteroatoms. The molecule has 1 N–H and O–H groups in total. The topological polar surface area (TPSA) is 21.3 Å². The lowest BCUT2D eigenvalue weighted by Gasteiger charge is -2.20. The van der Waals surface area contributed by atoms with Gasteiger partial charge in [-0.3, -0.25) is 0 Å². The van der Waals surface area contributed by atoms with Gasteiger partial charge in [-0.15, -0.1) is 11.3 Å². The molecule has 17 heavy (non-hydrogen) atoms. The second kappa shape index (κ2) is 6.53. The summed E-state index contributed by atoms with van der Waals surface area (Å²) in [4.78, 5) is 2.90. The van der Waals surface area contributed by atoms with Crippen LogP contribution in [-0.2, 0) is 4.74 Å². The van der Waals surface area contributed by atoms with Gasteiger partial charge < -0.3 is 10.1 Å². The van der Waals surface area contributed by atoms with Crippen LogP contribution in [0.15, 0.2) is 12.1 Å². The van der Waals surface area contributed by atoms with Gasteiger partial charge in [0.25, 0.3) is 0 Å². The Hall–Kier alpha value is -0.380. The lowest BCUT2D eigenvalue weighted by molar-refractivity contribution is 0.181. The standard InChI is InChI=1S/C14H23NOS/c1-3-7-15-13(9-12-6-8-16-10-12)14-5-4-11(2)17-14/h4-5,12-13,15H,3,6-10H2,1-2H3. The Balaban J connectivity index is 1.96. The van der Waals surface area contributed by atoms with Crippen LogP contribution in [0, 0.1) is 12.8 Å².